The Balaban J connectivity index is 1.41. The van der Waals surface area contributed by atoms with E-state index in [1.54, 1.807) is 35.5 Å². The molecule has 0 N–H and O–H groups in total. The summed E-state index contributed by atoms with van der Waals surface area (Å²) in [4.78, 5) is 22.0. The van der Waals surface area contributed by atoms with E-state index in [-0.39, 0.29) is 10.8 Å². The number of amides is 1. The number of ether oxygens (including phenoxy) is 1. The van der Waals surface area contributed by atoms with Crippen LogP contribution < -0.4 is 9.64 Å². The van der Waals surface area contributed by atoms with Crippen molar-refractivity contribution in [1.29, 1.82) is 0 Å². The summed E-state index contributed by atoms with van der Waals surface area (Å²) >= 11 is 7.81. The molecule has 1 fully saturated rings. The molecule has 0 saturated carbocycles. The number of fused-ring (bicyclic) bond motifs is 1. The first kappa shape index (κ1) is 26.7. The number of anilines is 1. The van der Waals surface area contributed by atoms with E-state index in [0.717, 1.165) is 28.2 Å². The second kappa shape index (κ2) is 11.3. The number of halogens is 1. The second-order valence-electron chi connectivity index (χ2n) is 8.58. The zero-order chi connectivity index (χ0) is 25.9. The van der Waals surface area contributed by atoms with Crippen molar-refractivity contribution in [2.45, 2.75) is 31.6 Å². The normalized spacial score (nSPS) is 14.6. The third-order valence-electron chi connectivity index (χ3n) is 6.35. The Morgan fingerprint density at radius 3 is 2.42 bits per heavy atom. The molecule has 1 aromatic heterocycles. The van der Waals surface area contributed by atoms with Crippen LogP contribution in [-0.2, 0) is 10.0 Å². The lowest BCUT2D eigenvalue weighted by atomic mass is 10.2. The maximum Gasteiger partial charge on any atom is 0.253 e. The average molecular weight is 551 g/mol. The number of thiazole rings is 1. The Morgan fingerprint density at radius 2 is 1.81 bits per heavy atom. The topological polar surface area (TPSA) is 83.1 Å². The zero-order valence-corrected chi connectivity index (χ0v) is 23.1. The van der Waals surface area contributed by atoms with Crippen LogP contribution in [0, 0.1) is 0 Å². The molecule has 36 heavy (non-hydrogen) atoms. The van der Waals surface area contributed by atoms with Crippen molar-refractivity contribution in [2.24, 2.45) is 0 Å². The molecule has 1 aliphatic rings. The molecule has 0 bridgehead atoms. The average Bonchev–Trinajstić information content (AvgIpc) is 3.33. The van der Waals surface area contributed by atoms with Gasteiger partial charge in [-0.1, -0.05) is 43.2 Å². The van der Waals surface area contributed by atoms with E-state index >= 15 is 0 Å². The zero-order valence-electron chi connectivity index (χ0n) is 20.7. The van der Waals surface area contributed by atoms with Gasteiger partial charge in [0.05, 0.1) is 21.7 Å². The minimum absolute atomic E-state index is 0.102. The van der Waals surface area contributed by atoms with Crippen molar-refractivity contribution < 1.29 is 17.9 Å². The first-order valence-electron chi connectivity index (χ1n) is 12.1. The molecule has 2 aromatic carbocycles. The summed E-state index contributed by atoms with van der Waals surface area (Å²) < 4.78 is 33.8. The number of nitrogens with zero attached hydrogens (tertiary/aromatic N) is 4. The van der Waals surface area contributed by atoms with Crippen LogP contribution in [0.4, 0.5) is 5.13 Å². The van der Waals surface area contributed by atoms with E-state index in [1.807, 2.05) is 26.0 Å². The van der Waals surface area contributed by atoms with Gasteiger partial charge in [0.25, 0.3) is 5.91 Å². The molecule has 3 aromatic rings. The minimum Gasteiger partial charge on any atom is -0.493 e. The van der Waals surface area contributed by atoms with Crippen molar-refractivity contribution in [2.75, 3.05) is 51.3 Å². The smallest absolute Gasteiger partial charge is 0.253 e. The van der Waals surface area contributed by atoms with Gasteiger partial charge in [-0.05, 0) is 42.8 Å². The fraction of sp³-hybridized carbons (Fsp3) is 0.440. The fourth-order valence-corrected chi connectivity index (χ4v) is 6.98. The molecule has 0 aliphatic carbocycles. The number of benzene rings is 2. The number of methoxy groups -OCH3 is 1. The van der Waals surface area contributed by atoms with Gasteiger partial charge in [-0.3, -0.25) is 4.79 Å². The molecule has 1 saturated heterocycles. The van der Waals surface area contributed by atoms with Gasteiger partial charge in [-0.2, -0.15) is 4.31 Å². The number of carbonyl (C=O) groups excluding carboxylic acids is 1. The number of unbranched alkanes of at least 4 members (excludes halogenated alkanes) is 1. The summed E-state index contributed by atoms with van der Waals surface area (Å²) in [6.07, 6.45) is 1.74. The maximum absolute atomic E-state index is 13.1. The molecule has 1 aliphatic heterocycles. The molecule has 0 atom stereocenters. The SMILES string of the molecule is CCCCN(CC)S(=O)(=O)c1ccc(C(=O)N2CCN(c3nc4c(OC)c(Cl)ccc4s3)CC2)cc1. The number of carbonyl (C=O) groups is 1. The predicted molar refractivity (Wildman–Crippen MR) is 145 cm³/mol. The Morgan fingerprint density at radius 1 is 1.11 bits per heavy atom. The standard InChI is InChI=1S/C25H31ClN4O4S2/c1-4-6-13-30(5-2)36(32,33)19-9-7-18(8-10-19)24(31)28-14-16-29(17-15-28)25-27-22-21(35-25)12-11-20(26)23(22)34-3/h7-12H,4-6,13-17H2,1-3H3. The summed E-state index contributed by atoms with van der Waals surface area (Å²) in [5.74, 6) is 0.470. The molecule has 4 rings (SSSR count). The van der Waals surface area contributed by atoms with Gasteiger partial charge in [-0.25, -0.2) is 13.4 Å². The largest absolute Gasteiger partial charge is 0.493 e. The van der Waals surface area contributed by atoms with Gasteiger partial charge in [0.15, 0.2) is 10.9 Å². The minimum atomic E-state index is -3.57. The summed E-state index contributed by atoms with van der Waals surface area (Å²) in [6, 6.07) is 10.0. The van der Waals surface area contributed by atoms with E-state index in [9.17, 15) is 13.2 Å². The van der Waals surface area contributed by atoms with E-state index in [2.05, 4.69) is 4.90 Å². The van der Waals surface area contributed by atoms with Gasteiger partial charge in [0, 0.05) is 44.8 Å². The van der Waals surface area contributed by atoms with Crippen molar-refractivity contribution in [3.8, 4) is 5.75 Å². The van der Waals surface area contributed by atoms with Gasteiger partial charge in [-0.15, -0.1) is 0 Å². The molecule has 194 valence electrons. The second-order valence-corrected chi connectivity index (χ2v) is 11.9. The third kappa shape index (κ3) is 5.32. The lowest BCUT2D eigenvalue weighted by Crippen LogP contribution is -2.48. The van der Waals surface area contributed by atoms with Crippen LogP contribution in [0.2, 0.25) is 5.02 Å². The van der Waals surface area contributed by atoms with Crippen molar-refractivity contribution >= 4 is 54.2 Å². The monoisotopic (exact) mass is 550 g/mol. The summed E-state index contributed by atoms with van der Waals surface area (Å²) in [6.45, 7) is 7.18. The first-order chi connectivity index (χ1) is 17.3. The number of rotatable bonds is 9. The fourth-order valence-electron chi connectivity index (χ4n) is 4.25. The summed E-state index contributed by atoms with van der Waals surface area (Å²) in [7, 11) is -1.99. The molecule has 8 nitrogen and oxygen atoms in total. The van der Waals surface area contributed by atoms with Crippen molar-refractivity contribution in [1.82, 2.24) is 14.2 Å². The van der Waals surface area contributed by atoms with Crippen LogP contribution >= 0.6 is 22.9 Å². The molecule has 0 spiro atoms. The molecule has 0 unspecified atom stereocenters. The van der Waals surface area contributed by atoms with Crippen LogP contribution in [-0.4, -0.2) is 74.9 Å². The molecule has 11 heteroatoms. The molecule has 2 heterocycles. The van der Waals surface area contributed by atoms with Crippen LogP contribution in [0.3, 0.4) is 0 Å². The number of hydrogen-bond donors (Lipinski definition) is 0. The Bertz CT molecular complexity index is 1320. The highest BCUT2D eigenvalue weighted by Crippen LogP contribution is 2.38. The van der Waals surface area contributed by atoms with Crippen molar-refractivity contribution in [3.05, 3.63) is 47.0 Å². The Hall–Kier alpha value is -2.40. The van der Waals surface area contributed by atoms with Gasteiger partial charge in [0.1, 0.15) is 5.52 Å². The van der Waals surface area contributed by atoms with Crippen LogP contribution in [0.5, 0.6) is 5.75 Å². The van der Waals surface area contributed by atoms with Crippen LogP contribution in [0.1, 0.15) is 37.0 Å². The number of piperazine rings is 1. The highest BCUT2D eigenvalue weighted by molar-refractivity contribution is 7.89. The van der Waals surface area contributed by atoms with Crippen molar-refractivity contribution in [3.63, 3.8) is 0 Å². The van der Waals surface area contributed by atoms with E-state index in [0.29, 0.717) is 55.6 Å². The molecular formula is C25H31ClN4O4S2. The molecular weight excluding hydrogens is 520 g/mol. The van der Waals surface area contributed by atoms with E-state index in [1.165, 1.54) is 16.4 Å². The number of hydrogen-bond acceptors (Lipinski definition) is 7. The van der Waals surface area contributed by atoms with E-state index < -0.39 is 10.0 Å². The Kier molecular flexibility index (Phi) is 8.39. The molecule has 0 radical (unpaired) electrons. The van der Waals surface area contributed by atoms with E-state index in [4.69, 9.17) is 21.3 Å². The maximum atomic E-state index is 13.1. The number of sulfonamides is 1. The summed E-state index contributed by atoms with van der Waals surface area (Å²) in [5, 5.41) is 1.40. The first-order valence-corrected chi connectivity index (χ1v) is 14.7. The highest BCUT2D eigenvalue weighted by atomic mass is 35.5. The third-order valence-corrected chi connectivity index (χ3v) is 9.72. The highest BCUT2D eigenvalue weighted by Gasteiger charge is 2.26. The lowest BCUT2D eigenvalue weighted by molar-refractivity contribution is 0.0746. The predicted octanol–water partition coefficient (Wildman–Crippen LogP) is 4.73. The van der Waals surface area contributed by atoms with Gasteiger partial charge >= 0.3 is 0 Å². The van der Waals surface area contributed by atoms with Gasteiger partial charge in [0.2, 0.25) is 10.0 Å². The van der Waals surface area contributed by atoms with Crippen LogP contribution in [0.15, 0.2) is 41.3 Å². The summed E-state index contributed by atoms with van der Waals surface area (Å²) in [5.41, 5.74) is 1.23. The molecule has 1 amide bonds. The van der Waals surface area contributed by atoms with Crippen LogP contribution in [0.25, 0.3) is 10.2 Å². The lowest BCUT2D eigenvalue weighted by Gasteiger charge is -2.34. The number of aromatic nitrogens is 1. The Labute approximate surface area is 221 Å². The van der Waals surface area contributed by atoms with Gasteiger partial charge < -0.3 is 14.5 Å². The quantitative estimate of drug-likeness (QED) is 0.383.